The molecule has 2 aromatic carbocycles. The van der Waals surface area contributed by atoms with E-state index in [0.29, 0.717) is 39.7 Å². The smallest absolute Gasteiger partial charge is 0.272 e. The summed E-state index contributed by atoms with van der Waals surface area (Å²) in [5.74, 6) is 0.697. The molecule has 6 rings (SSSR count). The van der Waals surface area contributed by atoms with E-state index >= 15 is 0 Å². The number of hydrogen-bond donors (Lipinski definition) is 1. The summed E-state index contributed by atoms with van der Waals surface area (Å²) in [6, 6.07) is 12.3. The zero-order valence-corrected chi connectivity index (χ0v) is 21.4. The molecule has 4 nitrogen and oxygen atoms in total. The van der Waals surface area contributed by atoms with Gasteiger partial charge in [0.2, 0.25) is 0 Å². The predicted molar refractivity (Wildman–Crippen MR) is 141 cm³/mol. The normalized spacial score (nSPS) is 24.5. The lowest BCUT2D eigenvalue weighted by molar-refractivity contribution is 0.0924. The van der Waals surface area contributed by atoms with Crippen molar-refractivity contribution < 1.29 is 9.18 Å². The van der Waals surface area contributed by atoms with Crippen molar-refractivity contribution in [2.75, 3.05) is 0 Å². The number of carbonyl (C=O) groups excluding carboxylic acids is 1. The van der Waals surface area contributed by atoms with Crippen LogP contribution in [0.1, 0.15) is 65.3 Å². The van der Waals surface area contributed by atoms with Crippen LogP contribution in [0.5, 0.6) is 0 Å². The molecular formula is C29H28Cl2FN3O. The Hall–Kier alpha value is -2.63. The summed E-state index contributed by atoms with van der Waals surface area (Å²) in [4.78, 5) is 13.6. The lowest BCUT2D eigenvalue weighted by Gasteiger charge is -2.20. The Labute approximate surface area is 220 Å². The minimum absolute atomic E-state index is 0.0792. The van der Waals surface area contributed by atoms with Gasteiger partial charge in [-0.05, 0) is 86.3 Å². The maximum Gasteiger partial charge on any atom is 0.272 e. The molecule has 4 atom stereocenters. The lowest BCUT2D eigenvalue weighted by Crippen LogP contribution is -2.38. The first-order valence-electron chi connectivity index (χ1n) is 12.8. The highest BCUT2D eigenvalue weighted by Crippen LogP contribution is 2.40. The van der Waals surface area contributed by atoms with E-state index in [1.807, 2.05) is 16.8 Å². The molecule has 0 aliphatic heterocycles. The molecule has 2 bridgehead atoms. The third-order valence-corrected chi connectivity index (χ3v) is 8.50. The third-order valence-electron chi connectivity index (χ3n) is 7.96. The summed E-state index contributed by atoms with van der Waals surface area (Å²) in [7, 11) is 0. The Morgan fingerprint density at radius 3 is 2.75 bits per heavy atom. The largest absolute Gasteiger partial charge is 0.347 e. The molecule has 1 heterocycles. The van der Waals surface area contributed by atoms with E-state index in [2.05, 4.69) is 17.5 Å². The van der Waals surface area contributed by atoms with E-state index in [4.69, 9.17) is 28.3 Å². The number of rotatable bonds is 5. The maximum atomic E-state index is 14.0. The van der Waals surface area contributed by atoms with Gasteiger partial charge >= 0.3 is 0 Å². The third kappa shape index (κ3) is 4.48. The van der Waals surface area contributed by atoms with Crippen LogP contribution in [0.25, 0.3) is 5.69 Å². The number of aromatic nitrogens is 2. The van der Waals surface area contributed by atoms with Crippen molar-refractivity contribution >= 4 is 29.1 Å². The number of amides is 1. The average molecular weight is 524 g/mol. The van der Waals surface area contributed by atoms with E-state index in [0.717, 1.165) is 55.3 Å². The Bertz CT molecular complexity index is 1350. The molecule has 186 valence electrons. The van der Waals surface area contributed by atoms with E-state index in [9.17, 15) is 9.18 Å². The van der Waals surface area contributed by atoms with Crippen molar-refractivity contribution in [2.45, 2.75) is 56.9 Å². The first-order chi connectivity index (χ1) is 17.5. The zero-order chi connectivity index (χ0) is 24.8. The zero-order valence-electron chi connectivity index (χ0n) is 19.9. The van der Waals surface area contributed by atoms with Crippen LogP contribution >= 0.6 is 23.2 Å². The van der Waals surface area contributed by atoms with Crippen LogP contribution < -0.4 is 5.32 Å². The summed E-state index contributed by atoms with van der Waals surface area (Å²) in [5, 5.41) is 9.20. The van der Waals surface area contributed by atoms with Crippen LogP contribution in [-0.2, 0) is 12.8 Å². The number of hydrogen-bond acceptors (Lipinski definition) is 2. The molecule has 3 aromatic rings. The van der Waals surface area contributed by atoms with E-state index in [1.165, 1.54) is 6.07 Å². The van der Waals surface area contributed by atoms with Gasteiger partial charge in [-0.15, -0.1) is 0 Å². The lowest BCUT2D eigenvalue weighted by atomic mass is 9.90. The maximum absolute atomic E-state index is 14.0. The highest BCUT2D eigenvalue weighted by Gasteiger charge is 2.38. The van der Waals surface area contributed by atoms with Gasteiger partial charge in [0, 0.05) is 22.5 Å². The fraction of sp³-hybridized carbons (Fsp3) is 0.379. The summed E-state index contributed by atoms with van der Waals surface area (Å²) >= 11 is 12.8. The number of benzene rings is 2. The van der Waals surface area contributed by atoms with Crippen LogP contribution in [0.4, 0.5) is 4.39 Å². The fourth-order valence-electron chi connectivity index (χ4n) is 6.31. The topological polar surface area (TPSA) is 46.9 Å². The SMILES string of the molecule is O=C(N[C@@H]1CC2C=CC1C2)c1nn(-c2ccc(Cl)cc2Cl)c2c1CCCCC2Cc1cccc(F)c1. The molecule has 3 aliphatic carbocycles. The molecular weight excluding hydrogens is 496 g/mol. The second-order valence-electron chi connectivity index (χ2n) is 10.4. The van der Waals surface area contributed by atoms with Gasteiger partial charge in [-0.1, -0.05) is 53.9 Å². The molecule has 1 N–H and O–H groups in total. The molecule has 1 amide bonds. The van der Waals surface area contributed by atoms with Gasteiger partial charge in [-0.3, -0.25) is 4.79 Å². The first kappa shape index (κ1) is 23.7. The number of allylic oxidation sites excluding steroid dienone is 1. The molecule has 36 heavy (non-hydrogen) atoms. The highest BCUT2D eigenvalue weighted by atomic mass is 35.5. The van der Waals surface area contributed by atoms with E-state index < -0.39 is 0 Å². The molecule has 0 saturated heterocycles. The van der Waals surface area contributed by atoms with Crippen LogP contribution in [0.15, 0.2) is 54.6 Å². The van der Waals surface area contributed by atoms with Crippen molar-refractivity contribution in [1.29, 1.82) is 0 Å². The molecule has 1 saturated carbocycles. The summed E-state index contributed by atoms with van der Waals surface area (Å²) < 4.78 is 15.8. The number of fused-ring (bicyclic) bond motifs is 3. The van der Waals surface area contributed by atoms with Gasteiger partial charge in [-0.2, -0.15) is 5.10 Å². The molecule has 3 aliphatic rings. The van der Waals surface area contributed by atoms with Crippen LogP contribution in [-0.4, -0.2) is 21.7 Å². The van der Waals surface area contributed by atoms with E-state index in [1.54, 1.807) is 24.3 Å². The Kier molecular flexibility index (Phi) is 6.38. The van der Waals surface area contributed by atoms with Gasteiger partial charge in [0.15, 0.2) is 5.69 Å². The number of nitrogens with zero attached hydrogens (tertiary/aromatic N) is 2. The predicted octanol–water partition coefficient (Wildman–Crippen LogP) is 7.07. The van der Waals surface area contributed by atoms with Crippen molar-refractivity contribution in [1.82, 2.24) is 15.1 Å². The van der Waals surface area contributed by atoms with Gasteiger partial charge < -0.3 is 5.32 Å². The minimum atomic E-state index is -0.240. The Balaban J connectivity index is 1.43. The Morgan fingerprint density at radius 2 is 2.00 bits per heavy atom. The molecule has 1 aromatic heterocycles. The minimum Gasteiger partial charge on any atom is -0.347 e. The molecule has 0 spiro atoms. The van der Waals surface area contributed by atoms with Gasteiger partial charge in [0.1, 0.15) is 5.82 Å². The average Bonchev–Trinajstić information content (AvgIpc) is 3.52. The molecule has 1 fully saturated rings. The van der Waals surface area contributed by atoms with Crippen LogP contribution in [0.2, 0.25) is 10.0 Å². The fourth-order valence-corrected chi connectivity index (χ4v) is 6.80. The van der Waals surface area contributed by atoms with Gasteiger partial charge in [-0.25, -0.2) is 9.07 Å². The van der Waals surface area contributed by atoms with Crippen LogP contribution in [0, 0.1) is 17.7 Å². The van der Waals surface area contributed by atoms with Crippen LogP contribution in [0.3, 0.4) is 0 Å². The van der Waals surface area contributed by atoms with Gasteiger partial charge in [0.05, 0.1) is 16.4 Å². The second kappa shape index (κ2) is 9.68. The highest BCUT2D eigenvalue weighted by molar-refractivity contribution is 6.35. The quantitative estimate of drug-likeness (QED) is 0.287. The van der Waals surface area contributed by atoms with Crippen molar-refractivity contribution in [3.63, 3.8) is 0 Å². The monoisotopic (exact) mass is 523 g/mol. The van der Waals surface area contributed by atoms with Crippen molar-refractivity contribution in [3.8, 4) is 5.69 Å². The number of nitrogens with one attached hydrogen (secondary N) is 1. The molecule has 7 heteroatoms. The molecule has 0 radical (unpaired) electrons. The van der Waals surface area contributed by atoms with Gasteiger partial charge in [0.25, 0.3) is 5.91 Å². The Morgan fingerprint density at radius 1 is 1.11 bits per heavy atom. The standard InChI is InChI=1S/C29H28Cl2FN3O/c30-21-10-11-26(24(31)16-21)35-28-20(13-17-4-3-6-22(32)14-17)5-1-2-7-23(28)27(34-35)29(36)33-25-15-18-8-9-19(25)12-18/h3-4,6,8-11,14,16,18-20,25H,1-2,5,7,12-13,15H2,(H,33,36)/t18?,19?,20?,25-/m1/s1. The summed E-state index contributed by atoms with van der Waals surface area (Å²) in [5.41, 5.74) is 4.09. The van der Waals surface area contributed by atoms with E-state index in [-0.39, 0.29) is 23.7 Å². The van der Waals surface area contributed by atoms with Crippen molar-refractivity contribution in [2.24, 2.45) is 11.8 Å². The summed E-state index contributed by atoms with van der Waals surface area (Å²) in [6.45, 7) is 0. The first-order valence-corrected chi connectivity index (χ1v) is 13.5. The summed E-state index contributed by atoms with van der Waals surface area (Å²) in [6.07, 6.45) is 11.0. The van der Waals surface area contributed by atoms with Crippen molar-refractivity contribution in [3.05, 3.63) is 93.0 Å². The molecule has 3 unspecified atom stereocenters. The second-order valence-corrected chi connectivity index (χ2v) is 11.2. The number of halogens is 3. The number of carbonyl (C=O) groups is 1.